The molecule has 0 fully saturated rings. The van der Waals surface area contributed by atoms with E-state index in [0.717, 1.165) is 4.73 Å². The first kappa shape index (κ1) is 11.3. The third-order valence-corrected chi connectivity index (χ3v) is 0.688. The van der Waals surface area contributed by atoms with Crippen molar-refractivity contribution in [2.24, 2.45) is 0 Å². The molecule has 0 aromatic carbocycles. The number of pyridine rings is 1. The van der Waals surface area contributed by atoms with Crippen molar-refractivity contribution in [2.75, 3.05) is 0 Å². The number of hydrogen-bond acceptors (Lipinski definition) is 1. The zero-order valence-corrected chi connectivity index (χ0v) is 8.60. The Balaban J connectivity index is 0.000000218. The third kappa shape index (κ3) is 10.3. The molecule has 0 unspecified atom stereocenters. The van der Waals surface area contributed by atoms with Crippen molar-refractivity contribution < 1.29 is 15.9 Å². The number of halogens is 3. The maximum atomic E-state index is 10.2. The molecule has 1 aromatic rings. The summed E-state index contributed by atoms with van der Waals surface area (Å²) in [5.41, 5.74) is 0. The van der Waals surface area contributed by atoms with Crippen LogP contribution in [0.25, 0.3) is 0 Å². The van der Waals surface area contributed by atoms with Crippen LogP contribution in [0.2, 0.25) is 0 Å². The molecule has 0 saturated carbocycles. The summed E-state index contributed by atoms with van der Waals surface area (Å²) in [6, 6.07) is 5.18. The first-order chi connectivity index (χ1) is 5.13. The molecule has 2 nitrogen and oxygen atoms in total. The average Bonchev–Trinajstić information content (AvgIpc) is 1.87. The molecule has 0 amide bonds. The second-order valence-corrected chi connectivity index (χ2v) is 6.86. The summed E-state index contributed by atoms with van der Waals surface area (Å²) in [5.74, 6) is 0. The molecule has 1 aromatic heterocycles. The van der Waals surface area contributed by atoms with Gasteiger partial charge in [0.15, 0.2) is 12.4 Å². The molecular formula is C5H5Cl3FeNO. The van der Waals surface area contributed by atoms with Gasteiger partial charge in [-0.25, -0.2) is 0 Å². The second kappa shape index (κ2) is 7.01. The van der Waals surface area contributed by atoms with Gasteiger partial charge in [-0.3, -0.25) is 0 Å². The largest absolute Gasteiger partial charge is 0.619 e. The standard InChI is InChI=1S/C5H5NO.3ClH.Fe/c7-6-4-2-1-3-5-6;;;;/h1-5H;3*1H;/q;;;;+3/p-3. The Kier molecular flexibility index (Phi) is 7.23. The summed E-state index contributed by atoms with van der Waals surface area (Å²) < 4.78 is 0.750. The normalized spacial score (nSPS) is 9.55. The van der Waals surface area contributed by atoms with Crippen molar-refractivity contribution in [3.63, 3.8) is 0 Å². The molecule has 65 valence electrons. The first-order valence-electron chi connectivity index (χ1n) is 2.43. The maximum absolute atomic E-state index is 10.2. The topological polar surface area (TPSA) is 26.9 Å². The van der Waals surface area contributed by atoms with E-state index in [0.29, 0.717) is 0 Å². The monoisotopic (exact) mass is 256 g/mol. The quantitative estimate of drug-likeness (QED) is 0.398. The van der Waals surface area contributed by atoms with Crippen LogP contribution in [0.5, 0.6) is 0 Å². The summed E-state index contributed by atoms with van der Waals surface area (Å²) in [6.07, 6.45) is 2.89. The van der Waals surface area contributed by atoms with Crippen LogP contribution in [0.4, 0.5) is 0 Å². The van der Waals surface area contributed by atoms with Crippen molar-refractivity contribution in [1.82, 2.24) is 0 Å². The minimum Gasteiger partial charge on any atom is -0.619 e. The van der Waals surface area contributed by atoms with Crippen LogP contribution >= 0.6 is 30.3 Å². The predicted molar refractivity (Wildman–Crippen MR) is 43.0 cm³/mol. The minimum absolute atomic E-state index is 0.750. The van der Waals surface area contributed by atoms with E-state index in [4.69, 9.17) is 30.3 Å². The summed E-state index contributed by atoms with van der Waals surface area (Å²) in [4.78, 5) is 0. The van der Waals surface area contributed by atoms with E-state index < -0.39 is 11.2 Å². The Morgan fingerprint density at radius 2 is 1.36 bits per heavy atom. The van der Waals surface area contributed by atoms with E-state index in [9.17, 15) is 5.21 Å². The second-order valence-electron chi connectivity index (χ2n) is 1.39. The van der Waals surface area contributed by atoms with Crippen molar-refractivity contribution in [3.05, 3.63) is 35.8 Å². The van der Waals surface area contributed by atoms with Gasteiger partial charge in [0, 0.05) is 12.1 Å². The molecule has 0 saturated heterocycles. The van der Waals surface area contributed by atoms with Gasteiger partial charge in [-0.15, -0.1) is 0 Å². The van der Waals surface area contributed by atoms with E-state index in [1.807, 2.05) is 0 Å². The van der Waals surface area contributed by atoms with Gasteiger partial charge in [0.25, 0.3) is 0 Å². The fourth-order valence-corrected chi connectivity index (χ4v) is 0.383. The molecule has 1 heterocycles. The first-order valence-corrected chi connectivity index (χ1v) is 6.99. The molecule has 11 heavy (non-hydrogen) atoms. The van der Waals surface area contributed by atoms with Crippen LogP contribution in [0, 0.1) is 5.21 Å². The smallest absolute Gasteiger partial charge is 0.180 e. The molecule has 0 bridgehead atoms. The van der Waals surface area contributed by atoms with Gasteiger partial charge in [0.05, 0.1) is 0 Å². The van der Waals surface area contributed by atoms with Crippen LogP contribution in [0.3, 0.4) is 0 Å². The molecule has 0 atom stereocenters. The van der Waals surface area contributed by atoms with Gasteiger partial charge in [0.1, 0.15) is 0 Å². The van der Waals surface area contributed by atoms with Crippen LogP contribution in [0.15, 0.2) is 30.6 Å². The minimum atomic E-state index is -1.33. The molecule has 0 spiro atoms. The molecule has 0 aliphatic heterocycles. The zero-order valence-electron chi connectivity index (χ0n) is 5.23. The molecular weight excluding hydrogens is 252 g/mol. The van der Waals surface area contributed by atoms with Gasteiger partial charge in [-0.1, -0.05) is 6.07 Å². The van der Waals surface area contributed by atoms with Crippen molar-refractivity contribution in [3.8, 4) is 0 Å². The van der Waals surface area contributed by atoms with Gasteiger partial charge >= 0.3 is 41.5 Å². The zero-order chi connectivity index (χ0) is 8.69. The Morgan fingerprint density at radius 3 is 1.55 bits per heavy atom. The van der Waals surface area contributed by atoms with Gasteiger partial charge < -0.3 is 5.21 Å². The van der Waals surface area contributed by atoms with E-state index in [2.05, 4.69) is 0 Å². The fraction of sp³-hybridized carbons (Fsp3) is 0. The molecule has 6 heteroatoms. The van der Waals surface area contributed by atoms with Crippen LogP contribution in [0.1, 0.15) is 0 Å². The summed E-state index contributed by atoms with van der Waals surface area (Å²) in [5, 5.41) is 10.2. The number of nitrogens with zero attached hydrogens (tertiary/aromatic N) is 1. The molecule has 0 radical (unpaired) electrons. The Morgan fingerprint density at radius 1 is 1.00 bits per heavy atom. The van der Waals surface area contributed by atoms with E-state index >= 15 is 0 Å². The van der Waals surface area contributed by atoms with E-state index in [-0.39, 0.29) is 0 Å². The number of hydrogen-bond donors (Lipinski definition) is 0. The number of rotatable bonds is 0. The number of aromatic nitrogens is 1. The van der Waals surface area contributed by atoms with E-state index in [1.165, 1.54) is 12.4 Å². The van der Waals surface area contributed by atoms with Gasteiger partial charge in [-0.2, -0.15) is 4.73 Å². The van der Waals surface area contributed by atoms with Gasteiger partial charge in [0.2, 0.25) is 0 Å². The third-order valence-electron chi connectivity index (χ3n) is 0.688. The van der Waals surface area contributed by atoms with Gasteiger partial charge in [-0.05, 0) is 0 Å². The van der Waals surface area contributed by atoms with E-state index in [1.54, 1.807) is 18.2 Å². The average molecular weight is 257 g/mol. The maximum Gasteiger partial charge on any atom is 0.180 e. The predicted octanol–water partition coefficient (Wildman–Crippen LogP) is 2.39. The SMILES string of the molecule is [Cl][Fe]([Cl])[Cl].[O-][n+]1ccccc1. The van der Waals surface area contributed by atoms with Crippen LogP contribution in [-0.4, -0.2) is 0 Å². The Labute approximate surface area is 81.8 Å². The summed E-state index contributed by atoms with van der Waals surface area (Å²) >= 11 is -1.33. The molecule has 0 aliphatic rings. The van der Waals surface area contributed by atoms with Crippen molar-refractivity contribution in [2.45, 2.75) is 0 Å². The van der Waals surface area contributed by atoms with Crippen molar-refractivity contribution >= 4 is 30.3 Å². The summed E-state index contributed by atoms with van der Waals surface area (Å²) in [7, 11) is 14.7. The molecule has 0 aliphatic carbocycles. The molecule has 1 rings (SSSR count). The summed E-state index contributed by atoms with van der Waals surface area (Å²) in [6.45, 7) is 0. The van der Waals surface area contributed by atoms with Crippen molar-refractivity contribution in [1.29, 1.82) is 0 Å². The Hall–Kier alpha value is 0.339. The fourth-order valence-electron chi connectivity index (χ4n) is 0.383. The van der Waals surface area contributed by atoms with Crippen LogP contribution < -0.4 is 4.73 Å². The molecule has 0 N–H and O–H groups in total. The Bertz CT molecular complexity index is 182. The van der Waals surface area contributed by atoms with Crippen LogP contribution in [-0.2, 0) is 11.2 Å².